The van der Waals surface area contributed by atoms with Gasteiger partial charge in [-0.05, 0) is 12.3 Å². The van der Waals surface area contributed by atoms with Crippen LogP contribution in [0.5, 0.6) is 0 Å². The van der Waals surface area contributed by atoms with Crippen LogP contribution in [0.4, 0.5) is 5.69 Å². The Kier molecular flexibility index (Phi) is 6.17. The van der Waals surface area contributed by atoms with Crippen molar-refractivity contribution in [2.45, 2.75) is 26.8 Å². The van der Waals surface area contributed by atoms with Crippen LogP contribution in [0.3, 0.4) is 0 Å². The molecule has 0 aliphatic carbocycles. The molecule has 4 N–H and O–H groups in total. The highest BCUT2D eigenvalue weighted by Crippen LogP contribution is 2.14. The number of hydrogen-bond acceptors (Lipinski definition) is 4. The third-order valence-corrected chi connectivity index (χ3v) is 2.90. The SMILES string of the molecule is CNC(=O)Cn1cc(NC(=O)C(CN)CC(C)C)cn1. The summed E-state index contributed by atoms with van der Waals surface area (Å²) in [7, 11) is 1.56. The third kappa shape index (κ3) is 5.00. The maximum Gasteiger partial charge on any atom is 0.241 e. The van der Waals surface area contributed by atoms with E-state index in [1.54, 1.807) is 13.2 Å². The highest BCUT2D eigenvalue weighted by atomic mass is 16.2. The molecule has 0 aliphatic heterocycles. The first kappa shape index (κ1) is 16.2. The molecular weight excluding hydrogens is 258 g/mol. The highest BCUT2D eigenvalue weighted by molar-refractivity contribution is 5.92. The molecule has 7 nitrogen and oxygen atoms in total. The highest BCUT2D eigenvalue weighted by Gasteiger charge is 2.18. The van der Waals surface area contributed by atoms with Crippen LogP contribution in [0.15, 0.2) is 12.4 Å². The lowest BCUT2D eigenvalue weighted by molar-refractivity contribution is -0.121. The van der Waals surface area contributed by atoms with Crippen molar-refractivity contribution in [3.05, 3.63) is 12.4 Å². The molecule has 0 aromatic carbocycles. The fourth-order valence-electron chi connectivity index (χ4n) is 1.86. The lowest BCUT2D eigenvalue weighted by Gasteiger charge is -2.15. The van der Waals surface area contributed by atoms with E-state index in [1.807, 2.05) is 0 Å². The molecular formula is C13H23N5O2. The molecule has 1 unspecified atom stereocenters. The summed E-state index contributed by atoms with van der Waals surface area (Å²) in [5, 5.41) is 9.30. The number of carbonyl (C=O) groups excluding carboxylic acids is 2. The van der Waals surface area contributed by atoms with Crippen LogP contribution in [0.1, 0.15) is 20.3 Å². The number of carbonyl (C=O) groups is 2. The normalized spacial score (nSPS) is 12.2. The van der Waals surface area contributed by atoms with Crippen molar-refractivity contribution in [3.63, 3.8) is 0 Å². The van der Waals surface area contributed by atoms with Gasteiger partial charge < -0.3 is 16.4 Å². The Labute approximate surface area is 118 Å². The Morgan fingerprint density at radius 3 is 2.70 bits per heavy atom. The minimum absolute atomic E-state index is 0.110. The van der Waals surface area contributed by atoms with Gasteiger partial charge in [-0.15, -0.1) is 0 Å². The van der Waals surface area contributed by atoms with Crippen molar-refractivity contribution < 1.29 is 9.59 Å². The average molecular weight is 281 g/mol. The quantitative estimate of drug-likeness (QED) is 0.664. The van der Waals surface area contributed by atoms with Gasteiger partial charge in [0, 0.05) is 19.8 Å². The summed E-state index contributed by atoms with van der Waals surface area (Å²) < 4.78 is 1.47. The second-order valence-corrected chi connectivity index (χ2v) is 5.15. The minimum atomic E-state index is -0.211. The van der Waals surface area contributed by atoms with E-state index in [-0.39, 0.29) is 24.3 Å². The molecule has 1 aromatic heterocycles. The van der Waals surface area contributed by atoms with E-state index in [0.717, 1.165) is 6.42 Å². The van der Waals surface area contributed by atoms with Gasteiger partial charge in [0.15, 0.2) is 0 Å². The molecule has 7 heteroatoms. The van der Waals surface area contributed by atoms with Gasteiger partial charge in [-0.25, -0.2) is 0 Å². The predicted molar refractivity (Wildman–Crippen MR) is 76.9 cm³/mol. The van der Waals surface area contributed by atoms with Crippen LogP contribution in [0, 0.1) is 11.8 Å². The van der Waals surface area contributed by atoms with Gasteiger partial charge in [0.1, 0.15) is 6.54 Å². The van der Waals surface area contributed by atoms with E-state index < -0.39 is 0 Å². The number of likely N-dealkylation sites (N-methyl/N-ethyl adjacent to an activating group) is 1. The number of rotatable bonds is 7. The van der Waals surface area contributed by atoms with Gasteiger partial charge in [0.2, 0.25) is 11.8 Å². The Morgan fingerprint density at radius 2 is 2.15 bits per heavy atom. The first-order valence-electron chi connectivity index (χ1n) is 6.70. The maximum atomic E-state index is 12.1. The van der Waals surface area contributed by atoms with Gasteiger partial charge in [-0.1, -0.05) is 13.8 Å². The number of amides is 2. The number of aromatic nitrogens is 2. The number of hydrogen-bond donors (Lipinski definition) is 3. The summed E-state index contributed by atoms with van der Waals surface area (Å²) in [5.41, 5.74) is 6.20. The van der Waals surface area contributed by atoms with Crippen LogP contribution >= 0.6 is 0 Å². The lowest BCUT2D eigenvalue weighted by atomic mass is 9.96. The number of anilines is 1. The summed E-state index contributed by atoms with van der Waals surface area (Å²) in [6.45, 7) is 4.55. The zero-order valence-electron chi connectivity index (χ0n) is 12.2. The largest absolute Gasteiger partial charge is 0.358 e. The standard InChI is InChI=1S/C13H23N5O2/c1-9(2)4-10(5-14)13(20)17-11-6-16-18(7-11)8-12(19)15-3/h6-7,9-10H,4-5,8,14H2,1-3H3,(H,15,19)(H,17,20). The molecule has 20 heavy (non-hydrogen) atoms. The molecule has 0 radical (unpaired) electrons. The molecule has 1 aromatic rings. The van der Waals surface area contributed by atoms with Gasteiger partial charge in [0.05, 0.1) is 17.8 Å². The van der Waals surface area contributed by atoms with Crippen molar-refractivity contribution in [2.75, 3.05) is 18.9 Å². The Hall–Kier alpha value is -1.89. The summed E-state index contributed by atoms with van der Waals surface area (Å²) in [6, 6.07) is 0. The van der Waals surface area contributed by atoms with Crippen LogP contribution in [-0.4, -0.2) is 35.2 Å². The lowest BCUT2D eigenvalue weighted by Crippen LogP contribution is -2.30. The van der Waals surface area contributed by atoms with E-state index in [4.69, 9.17) is 5.73 Å². The van der Waals surface area contributed by atoms with E-state index in [1.165, 1.54) is 10.9 Å². The third-order valence-electron chi connectivity index (χ3n) is 2.90. The fraction of sp³-hybridized carbons (Fsp3) is 0.615. The van der Waals surface area contributed by atoms with Crippen LogP contribution in [-0.2, 0) is 16.1 Å². The number of nitrogens with zero attached hydrogens (tertiary/aromatic N) is 2. The van der Waals surface area contributed by atoms with E-state index in [2.05, 4.69) is 29.6 Å². The van der Waals surface area contributed by atoms with Gasteiger partial charge >= 0.3 is 0 Å². The molecule has 0 aliphatic rings. The Morgan fingerprint density at radius 1 is 1.45 bits per heavy atom. The smallest absolute Gasteiger partial charge is 0.241 e. The Balaban J connectivity index is 2.59. The van der Waals surface area contributed by atoms with Crippen molar-refractivity contribution in [2.24, 2.45) is 17.6 Å². The van der Waals surface area contributed by atoms with Crippen LogP contribution in [0.2, 0.25) is 0 Å². The summed E-state index contributed by atoms with van der Waals surface area (Å²) in [4.78, 5) is 23.3. The predicted octanol–water partition coefficient (Wildman–Crippen LogP) is 0.189. The summed E-state index contributed by atoms with van der Waals surface area (Å²) in [5.74, 6) is -0.0612. The monoisotopic (exact) mass is 281 g/mol. The average Bonchev–Trinajstić information content (AvgIpc) is 2.82. The Bertz CT molecular complexity index is 455. The molecule has 0 bridgehead atoms. The molecule has 0 fully saturated rings. The van der Waals surface area contributed by atoms with E-state index >= 15 is 0 Å². The van der Waals surface area contributed by atoms with Crippen molar-refractivity contribution in [3.8, 4) is 0 Å². The molecule has 112 valence electrons. The van der Waals surface area contributed by atoms with Gasteiger partial charge in [-0.3, -0.25) is 14.3 Å². The van der Waals surface area contributed by atoms with Crippen molar-refractivity contribution in [1.82, 2.24) is 15.1 Å². The molecule has 0 saturated heterocycles. The molecule has 0 saturated carbocycles. The molecule has 1 heterocycles. The van der Waals surface area contributed by atoms with Gasteiger partial charge in [-0.2, -0.15) is 5.10 Å². The van der Waals surface area contributed by atoms with Crippen molar-refractivity contribution >= 4 is 17.5 Å². The minimum Gasteiger partial charge on any atom is -0.358 e. The second-order valence-electron chi connectivity index (χ2n) is 5.15. The van der Waals surface area contributed by atoms with E-state index in [9.17, 15) is 9.59 Å². The summed E-state index contributed by atoms with van der Waals surface area (Å²) >= 11 is 0. The molecule has 0 spiro atoms. The van der Waals surface area contributed by atoms with Crippen molar-refractivity contribution in [1.29, 1.82) is 0 Å². The number of nitrogens with two attached hydrogens (primary N) is 1. The van der Waals surface area contributed by atoms with Crippen LogP contribution < -0.4 is 16.4 Å². The van der Waals surface area contributed by atoms with Crippen LogP contribution in [0.25, 0.3) is 0 Å². The first-order valence-corrected chi connectivity index (χ1v) is 6.70. The zero-order valence-corrected chi connectivity index (χ0v) is 12.2. The molecule has 1 rings (SSSR count). The van der Waals surface area contributed by atoms with E-state index in [0.29, 0.717) is 18.2 Å². The fourth-order valence-corrected chi connectivity index (χ4v) is 1.86. The van der Waals surface area contributed by atoms with Gasteiger partial charge in [0.25, 0.3) is 0 Å². The zero-order chi connectivity index (χ0) is 15.1. The topological polar surface area (TPSA) is 102 Å². The number of nitrogens with one attached hydrogen (secondary N) is 2. The molecule has 2 amide bonds. The second kappa shape index (κ2) is 7.64. The first-order chi connectivity index (χ1) is 9.46. The molecule has 1 atom stereocenters. The maximum absolute atomic E-state index is 12.1. The summed E-state index contributed by atoms with van der Waals surface area (Å²) in [6.07, 6.45) is 3.88.